The normalized spacial score (nSPS) is 8.25. The van der Waals surface area contributed by atoms with Crippen LogP contribution in [0.4, 0.5) is 0 Å². The Labute approximate surface area is 69.7 Å². The number of rotatable bonds is 0. The molecule has 2 radical (unpaired) electrons. The molecule has 1 aromatic rings. The van der Waals surface area contributed by atoms with Crippen LogP contribution < -0.4 is 0 Å². The summed E-state index contributed by atoms with van der Waals surface area (Å²) in [7, 11) is 0. The van der Waals surface area contributed by atoms with Gasteiger partial charge in [0, 0.05) is 11.4 Å². The average molecular weight is 304 g/mol. The Hall–Kier alpha value is 0.202. The molecule has 0 bridgehead atoms. The zero-order valence-corrected chi connectivity index (χ0v) is 10.9. The number of hydrogen-bond donors (Lipinski definition) is 1. The molecule has 1 heterocycles. The Kier molecular flexibility index (Phi) is 3.35. The molecule has 0 atom stereocenters. The van der Waals surface area contributed by atoms with Gasteiger partial charge >= 0.3 is 27.3 Å². The van der Waals surface area contributed by atoms with Crippen molar-refractivity contribution < 1.29 is 0 Å². The molecule has 0 saturated carbocycles. The fourth-order valence-corrected chi connectivity index (χ4v) is 0.644. The van der Waals surface area contributed by atoms with Gasteiger partial charge in [-0.1, -0.05) is 0 Å². The predicted molar refractivity (Wildman–Crippen MR) is 38.8 cm³/mol. The minimum absolute atomic E-state index is 0. The van der Waals surface area contributed by atoms with Crippen LogP contribution in [0, 0.1) is 13.8 Å². The molecule has 0 aromatic carbocycles. The summed E-state index contributed by atoms with van der Waals surface area (Å²) < 4.78 is 0. The topological polar surface area (TPSA) is 15.8 Å². The number of aryl methyl sites for hydroxylation is 2. The standard InChI is InChI=1S/C6H9N.Pb.2H/c1-5-3-4-6(2)7-5;;;/h3-4,7H,1-2H3;;;. The zero-order valence-electron chi connectivity index (χ0n) is 5.36. The molecular formula is C6H11NPb. The van der Waals surface area contributed by atoms with Crippen molar-refractivity contribution in [2.45, 2.75) is 13.8 Å². The van der Waals surface area contributed by atoms with E-state index in [9.17, 15) is 0 Å². The van der Waals surface area contributed by atoms with Gasteiger partial charge in [0.1, 0.15) is 0 Å². The first kappa shape index (κ1) is 8.20. The van der Waals surface area contributed by atoms with Crippen molar-refractivity contribution in [2.75, 3.05) is 0 Å². The SMILES string of the molecule is Cc1ccc(C)[nH]1.[PbH2]. The molecule has 2 heteroatoms. The van der Waals surface area contributed by atoms with E-state index >= 15 is 0 Å². The van der Waals surface area contributed by atoms with Crippen molar-refractivity contribution in [2.24, 2.45) is 0 Å². The molecular weight excluding hydrogens is 293 g/mol. The monoisotopic (exact) mass is 305 g/mol. The molecule has 0 spiro atoms. The Balaban J connectivity index is 0.000000490. The van der Waals surface area contributed by atoms with Crippen LogP contribution >= 0.6 is 0 Å². The number of aromatic amines is 1. The first-order valence-corrected chi connectivity index (χ1v) is 2.41. The maximum absolute atomic E-state index is 3.14. The van der Waals surface area contributed by atoms with Crippen LogP contribution in [0.15, 0.2) is 12.1 Å². The van der Waals surface area contributed by atoms with Crippen molar-refractivity contribution in [1.29, 1.82) is 0 Å². The van der Waals surface area contributed by atoms with E-state index in [-0.39, 0.29) is 27.3 Å². The molecule has 0 amide bonds. The van der Waals surface area contributed by atoms with E-state index in [0.717, 1.165) is 0 Å². The van der Waals surface area contributed by atoms with Crippen molar-refractivity contribution in [3.63, 3.8) is 0 Å². The van der Waals surface area contributed by atoms with Gasteiger partial charge in [0.25, 0.3) is 0 Å². The van der Waals surface area contributed by atoms with Crippen LogP contribution in [0.25, 0.3) is 0 Å². The van der Waals surface area contributed by atoms with Gasteiger partial charge in [-0.2, -0.15) is 0 Å². The van der Waals surface area contributed by atoms with E-state index in [2.05, 4.69) is 17.1 Å². The summed E-state index contributed by atoms with van der Waals surface area (Å²) in [6, 6.07) is 4.13. The van der Waals surface area contributed by atoms with E-state index in [1.165, 1.54) is 11.4 Å². The van der Waals surface area contributed by atoms with Crippen molar-refractivity contribution in [3.05, 3.63) is 23.5 Å². The summed E-state index contributed by atoms with van der Waals surface area (Å²) in [4.78, 5) is 3.14. The van der Waals surface area contributed by atoms with Gasteiger partial charge in [0.05, 0.1) is 0 Å². The van der Waals surface area contributed by atoms with Gasteiger partial charge in [-0.25, -0.2) is 0 Å². The molecule has 8 heavy (non-hydrogen) atoms. The molecule has 0 fully saturated rings. The summed E-state index contributed by atoms with van der Waals surface area (Å²) in [6.45, 7) is 4.10. The minimum atomic E-state index is 0. The third kappa shape index (κ3) is 1.98. The molecule has 0 aliphatic carbocycles. The fourth-order valence-electron chi connectivity index (χ4n) is 0.644. The molecule has 0 saturated heterocycles. The van der Waals surface area contributed by atoms with Crippen molar-refractivity contribution in [1.82, 2.24) is 4.98 Å². The zero-order chi connectivity index (χ0) is 5.28. The molecule has 44 valence electrons. The Morgan fingerprint density at radius 3 is 1.62 bits per heavy atom. The van der Waals surface area contributed by atoms with Gasteiger partial charge < -0.3 is 4.98 Å². The van der Waals surface area contributed by atoms with E-state index < -0.39 is 0 Å². The van der Waals surface area contributed by atoms with E-state index in [1.54, 1.807) is 0 Å². The maximum atomic E-state index is 3.14. The van der Waals surface area contributed by atoms with Crippen LogP contribution in [-0.4, -0.2) is 32.3 Å². The summed E-state index contributed by atoms with van der Waals surface area (Å²) in [5.41, 5.74) is 2.47. The van der Waals surface area contributed by atoms with E-state index in [1.807, 2.05) is 13.8 Å². The van der Waals surface area contributed by atoms with Crippen molar-refractivity contribution in [3.8, 4) is 0 Å². The second-order valence-corrected chi connectivity index (χ2v) is 1.82. The van der Waals surface area contributed by atoms with Crippen LogP contribution in [0.5, 0.6) is 0 Å². The molecule has 0 aliphatic heterocycles. The van der Waals surface area contributed by atoms with Crippen LogP contribution in [0.2, 0.25) is 0 Å². The van der Waals surface area contributed by atoms with Gasteiger partial charge in [-0.05, 0) is 26.0 Å². The summed E-state index contributed by atoms with van der Waals surface area (Å²) in [5.74, 6) is 0. The number of hydrogen-bond acceptors (Lipinski definition) is 0. The Morgan fingerprint density at radius 2 is 1.50 bits per heavy atom. The van der Waals surface area contributed by atoms with E-state index in [4.69, 9.17) is 0 Å². The van der Waals surface area contributed by atoms with Gasteiger partial charge in [0.15, 0.2) is 0 Å². The summed E-state index contributed by atoms with van der Waals surface area (Å²) >= 11 is 0. The third-order valence-corrected chi connectivity index (χ3v) is 0.978. The van der Waals surface area contributed by atoms with E-state index in [0.29, 0.717) is 0 Å². The van der Waals surface area contributed by atoms with Crippen LogP contribution in [0.3, 0.4) is 0 Å². The first-order chi connectivity index (χ1) is 3.29. The van der Waals surface area contributed by atoms with Gasteiger partial charge in [-0.15, -0.1) is 0 Å². The molecule has 0 aliphatic rings. The summed E-state index contributed by atoms with van der Waals surface area (Å²) in [6.07, 6.45) is 0. The number of aromatic nitrogens is 1. The Bertz CT molecular complexity index is 141. The molecule has 1 rings (SSSR count). The second kappa shape index (κ2) is 3.27. The molecule has 0 unspecified atom stereocenters. The number of nitrogens with one attached hydrogen (secondary N) is 1. The molecule has 1 N–H and O–H groups in total. The molecule has 1 aromatic heterocycles. The first-order valence-electron chi connectivity index (χ1n) is 2.41. The molecule has 1 nitrogen and oxygen atoms in total. The third-order valence-electron chi connectivity index (χ3n) is 0.978. The summed E-state index contributed by atoms with van der Waals surface area (Å²) in [5, 5.41) is 0. The van der Waals surface area contributed by atoms with Crippen LogP contribution in [-0.2, 0) is 0 Å². The Morgan fingerprint density at radius 1 is 1.12 bits per heavy atom. The van der Waals surface area contributed by atoms with Crippen molar-refractivity contribution >= 4 is 27.3 Å². The predicted octanol–water partition coefficient (Wildman–Crippen LogP) is 0.715. The second-order valence-electron chi connectivity index (χ2n) is 1.82. The van der Waals surface area contributed by atoms with Gasteiger partial charge in [0.2, 0.25) is 0 Å². The quantitative estimate of drug-likeness (QED) is 0.680. The number of H-pyrrole nitrogens is 1. The van der Waals surface area contributed by atoms with Crippen LogP contribution in [0.1, 0.15) is 11.4 Å². The fraction of sp³-hybridized carbons (Fsp3) is 0.333. The van der Waals surface area contributed by atoms with Gasteiger partial charge in [-0.3, -0.25) is 0 Å². The average Bonchev–Trinajstić information content (AvgIpc) is 1.87.